The summed E-state index contributed by atoms with van der Waals surface area (Å²) >= 11 is 0. The molecule has 0 radical (unpaired) electrons. The highest BCUT2D eigenvalue weighted by atomic mass is 14.3. The molecule has 0 N–H and O–H groups in total. The zero-order valence-corrected chi connectivity index (χ0v) is 9.55. The largest absolute Gasteiger partial charge is 0.0853 e. The molecule has 0 saturated carbocycles. The van der Waals surface area contributed by atoms with E-state index in [4.69, 9.17) is 0 Å². The Morgan fingerprint density at radius 3 is 2.93 bits per heavy atom. The lowest BCUT2D eigenvalue weighted by Crippen LogP contribution is -2.04. The molecule has 0 aliphatic heterocycles. The first-order chi connectivity index (χ1) is 6.78. The molecule has 0 heteroatoms. The van der Waals surface area contributed by atoms with E-state index in [0.29, 0.717) is 0 Å². The monoisotopic (exact) mass is 190 g/mol. The van der Waals surface area contributed by atoms with Crippen LogP contribution in [0.2, 0.25) is 0 Å². The lowest BCUT2D eigenvalue weighted by atomic mass is 9.87. The number of allylic oxidation sites excluding steroid dienone is 4. The van der Waals surface area contributed by atoms with E-state index in [9.17, 15) is 0 Å². The van der Waals surface area contributed by atoms with Crippen LogP contribution in [0.1, 0.15) is 52.4 Å². The minimum Gasteiger partial charge on any atom is -0.0853 e. The van der Waals surface area contributed by atoms with Gasteiger partial charge in [0.05, 0.1) is 0 Å². The highest BCUT2D eigenvalue weighted by Gasteiger charge is 2.20. The summed E-state index contributed by atoms with van der Waals surface area (Å²) < 4.78 is 0. The Morgan fingerprint density at radius 1 is 1.29 bits per heavy atom. The molecule has 2 aliphatic rings. The molecular weight excluding hydrogens is 168 g/mol. The third kappa shape index (κ3) is 2.29. The Kier molecular flexibility index (Phi) is 3.10. The molecule has 0 saturated heterocycles. The average molecular weight is 190 g/mol. The fourth-order valence-electron chi connectivity index (χ4n) is 2.90. The van der Waals surface area contributed by atoms with E-state index >= 15 is 0 Å². The summed E-state index contributed by atoms with van der Waals surface area (Å²) in [5.41, 5.74) is 3.34. The molecule has 0 heterocycles. The van der Waals surface area contributed by atoms with Crippen LogP contribution in [0.5, 0.6) is 0 Å². The molecule has 2 unspecified atom stereocenters. The van der Waals surface area contributed by atoms with Crippen molar-refractivity contribution in [2.75, 3.05) is 0 Å². The van der Waals surface area contributed by atoms with Gasteiger partial charge in [-0.3, -0.25) is 0 Å². The van der Waals surface area contributed by atoms with Crippen molar-refractivity contribution in [2.24, 2.45) is 11.8 Å². The van der Waals surface area contributed by atoms with Crippen molar-refractivity contribution < 1.29 is 0 Å². The molecule has 0 spiro atoms. The Morgan fingerprint density at radius 2 is 2.14 bits per heavy atom. The minimum atomic E-state index is 0.853. The second-order valence-electron chi connectivity index (χ2n) is 5.08. The third-order valence-corrected chi connectivity index (χ3v) is 3.81. The molecule has 2 bridgehead atoms. The topological polar surface area (TPSA) is 0 Å². The van der Waals surface area contributed by atoms with E-state index in [1.165, 1.54) is 38.5 Å². The Labute approximate surface area is 88.1 Å². The van der Waals surface area contributed by atoms with Gasteiger partial charge in [-0.1, -0.05) is 30.2 Å². The molecular formula is C14H22. The van der Waals surface area contributed by atoms with Gasteiger partial charge in [0, 0.05) is 0 Å². The van der Waals surface area contributed by atoms with Gasteiger partial charge >= 0.3 is 0 Å². The standard InChI is InChI=1S/C14H22/c1-3-12-9-13-5-4-11(2)8-14(10-12)7-6-13/h4,10,13-14H,3,5-9H2,1-2H3. The van der Waals surface area contributed by atoms with Gasteiger partial charge in [0.15, 0.2) is 0 Å². The normalized spacial score (nSPS) is 32.7. The van der Waals surface area contributed by atoms with Crippen molar-refractivity contribution in [3.8, 4) is 0 Å². The van der Waals surface area contributed by atoms with Gasteiger partial charge in [0.2, 0.25) is 0 Å². The highest BCUT2D eigenvalue weighted by molar-refractivity contribution is 5.14. The maximum absolute atomic E-state index is 2.59. The zero-order valence-electron chi connectivity index (χ0n) is 9.55. The van der Waals surface area contributed by atoms with Crippen molar-refractivity contribution in [1.29, 1.82) is 0 Å². The van der Waals surface area contributed by atoms with E-state index in [-0.39, 0.29) is 0 Å². The van der Waals surface area contributed by atoms with Crippen LogP contribution in [-0.4, -0.2) is 0 Å². The first-order valence-electron chi connectivity index (χ1n) is 6.13. The van der Waals surface area contributed by atoms with E-state index in [0.717, 1.165) is 11.8 Å². The molecule has 2 aliphatic carbocycles. The molecule has 0 amide bonds. The van der Waals surface area contributed by atoms with Crippen LogP contribution in [0.4, 0.5) is 0 Å². The van der Waals surface area contributed by atoms with Gasteiger partial charge in [-0.25, -0.2) is 0 Å². The fraction of sp³-hybridized carbons (Fsp3) is 0.714. The average Bonchev–Trinajstić information content (AvgIpc) is 2.31. The highest BCUT2D eigenvalue weighted by Crippen LogP contribution is 2.35. The van der Waals surface area contributed by atoms with E-state index in [2.05, 4.69) is 26.0 Å². The first-order valence-corrected chi connectivity index (χ1v) is 6.13. The molecule has 2 atom stereocenters. The van der Waals surface area contributed by atoms with Gasteiger partial charge in [-0.2, -0.15) is 0 Å². The van der Waals surface area contributed by atoms with Crippen molar-refractivity contribution in [3.63, 3.8) is 0 Å². The first kappa shape index (κ1) is 10.0. The van der Waals surface area contributed by atoms with Crippen LogP contribution in [-0.2, 0) is 0 Å². The summed E-state index contributed by atoms with van der Waals surface area (Å²) in [6.07, 6.45) is 13.2. The summed E-state index contributed by atoms with van der Waals surface area (Å²) in [4.78, 5) is 0. The van der Waals surface area contributed by atoms with Crippen LogP contribution in [0.15, 0.2) is 23.3 Å². The van der Waals surface area contributed by atoms with E-state index in [1.807, 2.05) is 0 Å². The van der Waals surface area contributed by atoms with E-state index < -0.39 is 0 Å². The predicted molar refractivity (Wildman–Crippen MR) is 62.2 cm³/mol. The maximum atomic E-state index is 2.59. The van der Waals surface area contributed by atoms with Crippen LogP contribution in [0, 0.1) is 11.8 Å². The summed E-state index contributed by atoms with van der Waals surface area (Å²) in [6, 6.07) is 0. The molecule has 0 aromatic rings. The van der Waals surface area contributed by atoms with Gasteiger partial charge in [0.25, 0.3) is 0 Å². The Hall–Kier alpha value is -0.520. The molecule has 78 valence electrons. The minimum absolute atomic E-state index is 0.853. The molecule has 0 nitrogen and oxygen atoms in total. The summed E-state index contributed by atoms with van der Waals surface area (Å²) in [7, 11) is 0. The molecule has 0 aromatic carbocycles. The van der Waals surface area contributed by atoms with Crippen LogP contribution in [0.25, 0.3) is 0 Å². The lowest BCUT2D eigenvalue weighted by molar-refractivity contribution is 0.431. The zero-order chi connectivity index (χ0) is 9.97. The van der Waals surface area contributed by atoms with Gasteiger partial charge in [-0.05, 0) is 57.3 Å². The smallest absolute Gasteiger partial charge is 0.0194 e. The van der Waals surface area contributed by atoms with Crippen molar-refractivity contribution >= 4 is 0 Å². The number of hydrogen-bond acceptors (Lipinski definition) is 0. The molecule has 14 heavy (non-hydrogen) atoms. The fourth-order valence-corrected chi connectivity index (χ4v) is 2.90. The second kappa shape index (κ2) is 4.33. The van der Waals surface area contributed by atoms with Crippen molar-refractivity contribution in [2.45, 2.75) is 52.4 Å². The number of fused-ring (bicyclic) bond motifs is 3. The van der Waals surface area contributed by atoms with Gasteiger partial charge in [-0.15, -0.1) is 0 Å². The van der Waals surface area contributed by atoms with Crippen LogP contribution < -0.4 is 0 Å². The Balaban J connectivity index is 2.20. The van der Waals surface area contributed by atoms with E-state index in [1.54, 1.807) is 11.1 Å². The third-order valence-electron chi connectivity index (χ3n) is 3.81. The quantitative estimate of drug-likeness (QED) is 0.535. The predicted octanol–water partition coefficient (Wildman–Crippen LogP) is 4.48. The molecule has 0 aromatic heterocycles. The Bertz CT molecular complexity index is 257. The molecule has 0 fully saturated rings. The summed E-state index contributed by atoms with van der Waals surface area (Å²) in [6.45, 7) is 4.61. The lowest BCUT2D eigenvalue weighted by Gasteiger charge is -2.18. The number of rotatable bonds is 1. The van der Waals surface area contributed by atoms with Crippen LogP contribution >= 0.6 is 0 Å². The summed E-state index contributed by atoms with van der Waals surface area (Å²) in [5.74, 6) is 1.80. The van der Waals surface area contributed by atoms with Crippen molar-refractivity contribution in [1.82, 2.24) is 0 Å². The van der Waals surface area contributed by atoms with Gasteiger partial charge in [0.1, 0.15) is 0 Å². The second-order valence-corrected chi connectivity index (χ2v) is 5.08. The summed E-state index contributed by atoms with van der Waals surface area (Å²) in [5, 5.41) is 0. The van der Waals surface area contributed by atoms with Crippen LogP contribution in [0.3, 0.4) is 0 Å². The maximum Gasteiger partial charge on any atom is -0.0194 e. The van der Waals surface area contributed by atoms with Gasteiger partial charge < -0.3 is 0 Å². The number of hydrogen-bond donors (Lipinski definition) is 0. The molecule has 2 rings (SSSR count). The van der Waals surface area contributed by atoms with Crippen molar-refractivity contribution in [3.05, 3.63) is 23.3 Å². The SMILES string of the molecule is CCC1=CC2CCC(CC=C(C)C2)C1.